The fourth-order valence-electron chi connectivity index (χ4n) is 2.94. The van der Waals surface area contributed by atoms with E-state index in [1.165, 1.54) is 18.3 Å². The minimum absolute atomic E-state index is 0.263. The van der Waals surface area contributed by atoms with Crippen molar-refractivity contribution in [1.29, 1.82) is 0 Å². The number of benzene rings is 1. The number of terminal acetylenes is 1. The first kappa shape index (κ1) is 23.8. The number of anilines is 5. The molecule has 0 aliphatic heterocycles. The van der Waals surface area contributed by atoms with Gasteiger partial charge in [-0.1, -0.05) is 12.0 Å². The molecule has 33 heavy (non-hydrogen) atoms. The number of hydrogen-bond acceptors (Lipinski definition) is 7. The van der Waals surface area contributed by atoms with Crippen molar-refractivity contribution in [2.24, 2.45) is 0 Å². The number of amides is 1. The highest BCUT2D eigenvalue weighted by molar-refractivity contribution is 7.92. The number of hydrogen-bond donors (Lipinski definition) is 3. The van der Waals surface area contributed by atoms with Crippen LogP contribution in [0.3, 0.4) is 0 Å². The van der Waals surface area contributed by atoms with E-state index in [2.05, 4.69) is 31.8 Å². The fraction of sp³-hybridized carbons (Fsp3) is 0.174. The summed E-state index contributed by atoms with van der Waals surface area (Å²) in [6.45, 7) is 2.25. The Labute approximate surface area is 195 Å². The van der Waals surface area contributed by atoms with Gasteiger partial charge in [-0.15, -0.1) is 6.42 Å². The quantitative estimate of drug-likeness (QED) is 0.265. The minimum atomic E-state index is -1.31. The summed E-state index contributed by atoms with van der Waals surface area (Å²) in [5.74, 6) is 2.22. The van der Waals surface area contributed by atoms with Crippen molar-refractivity contribution < 1.29 is 13.7 Å². The molecule has 10 heteroatoms. The first-order chi connectivity index (χ1) is 15.8. The Balaban J connectivity index is 2.04. The van der Waals surface area contributed by atoms with Crippen LogP contribution in [0.2, 0.25) is 0 Å². The molecular formula is C23H23FN6O2S. The number of nitrogens with zero attached hydrogens (tertiary/aromatic N) is 3. The minimum Gasteiger partial charge on any atom is -0.593 e. The largest absolute Gasteiger partial charge is 0.593 e. The van der Waals surface area contributed by atoms with Gasteiger partial charge < -0.3 is 20.5 Å². The smallest absolute Gasteiger partial charge is 0.254 e. The lowest BCUT2D eigenvalue weighted by Crippen LogP contribution is -2.26. The number of halogens is 1. The topological polar surface area (TPSA) is 105 Å². The summed E-state index contributed by atoms with van der Waals surface area (Å²) in [6.07, 6.45) is 8.49. The summed E-state index contributed by atoms with van der Waals surface area (Å²) in [6, 6.07) is 11.2. The van der Waals surface area contributed by atoms with E-state index >= 15 is 0 Å². The molecule has 1 atom stereocenters. The Morgan fingerprint density at radius 3 is 2.67 bits per heavy atom. The molecule has 0 saturated heterocycles. The predicted octanol–water partition coefficient (Wildman–Crippen LogP) is 3.56. The van der Waals surface area contributed by atoms with E-state index in [-0.39, 0.29) is 11.7 Å². The standard InChI is InChI=1S/C23H23FN6O2S/c1-5-15-10-11-17(19(12-15)30(3)33(4)32)27-18-13-22(26-14-16(18)23(31)25-6-2)29-21-9-7-8-20(24)28-21/h1,7-14H,6H2,2-4H3,(H,25,31)(H2,26,27,28,29). The van der Waals surface area contributed by atoms with Crippen LogP contribution >= 0.6 is 0 Å². The zero-order valence-corrected chi connectivity index (χ0v) is 19.2. The van der Waals surface area contributed by atoms with Gasteiger partial charge in [-0.3, -0.25) is 4.79 Å². The van der Waals surface area contributed by atoms with Crippen molar-refractivity contribution in [2.45, 2.75) is 6.92 Å². The molecule has 0 aliphatic rings. The first-order valence-electron chi connectivity index (χ1n) is 9.95. The van der Waals surface area contributed by atoms with Gasteiger partial charge in [0.1, 0.15) is 23.6 Å². The second kappa shape index (κ2) is 10.7. The van der Waals surface area contributed by atoms with Crippen LogP contribution in [0.15, 0.2) is 48.7 Å². The van der Waals surface area contributed by atoms with Gasteiger partial charge in [0.05, 0.1) is 35.3 Å². The van der Waals surface area contributed by atoms with Crippen LogP contribution in [0.5, 0.6) is 0 Å². The number of rotatable bonds is 8. The molecule has 2 heterocycles. The second-order valence-electron chi connectivity index (χ2n) is 6.87. The first-order valence-corrected chi connectivity index (χ1v) is 11.5. The lowest BCUT2D eigenvalue weighted by molar-refractivity contribution is 0.0956. The lowest BCUT2D eigenvalue weighted by atomic mass is 10.1. The lowest BCUT2D eigenvalue weighted by Gasteiger charge is -2.23. The van der Waals surface area contributed by atoms with Gasteiger partial charge in [-0.25, -0.2) is 9.97 Å². The SMILES string of the molecule is C#Cc1ccc(Nc2cc(Nc3cccc(F)n3)ncc2C(=O)NCC)c(N(C)[S+](C)[O-])c1. The molecule has 0 radical (unpaired) electrons. The maximum atomic E-state index is 13.5. The molecule has 1 unspecified atom stereocenters. The average molecular weight is 467 g/mol. The van der Waals surface area contributed by atoms with Crippen LogP contribution in [0.4, 0.5) is 33.1 Å². The van der Waals surface area contributed by atoms with Crippen LogP contribution in [0.1, 0.15) is 22.8 Å². The zero-order valence-electron chi connectivity index (χ0n) is 18.3. The van der Waals surface area contributed by atoms with E-state index in [0.717, 1.165) is 0 Å². The van der Waals surface area contributed by atoms with Crippen LogP contribution in [0, 0.1) is 18.3 Å². The summed E-state index contributed by atoms with van der Waals surface area (Å²) in [4.78, 5) is 20.7. The molecule has 0 aliphatic carbocycles. The van der Waals surface area contributed by atoms with Crippen LogP contribution in [0.25, 0.3) is 0 Å². The van der Waals surface area contributed by atoms with E-state index in [1.807, 2.05) is 6.92 Å². The highest BCUT2D eigenvalue weighted by atomic mass is 32.2. The third kappa shape index (κ3) is 5.91. The van der Waals surface area contributed by atoms with Crippen LogP contribution in [-0.2, 0) is 11.4 Å². The number of nitrogens with one attached hydrogen (secondary N) is 3. The molecule has 170 valence electrons. The Morgan fingerprint density at radius 1 is 1.21 bits per heavy atom. The van der Waals surface area contributed by atoms with Crippen molar-refractivity contribution in [2.75, 3.05) is 34.8 Å². The Bertz CT molecular complexity index is 1200. The molecular weight excluding hydrogens is 443 g/mol. The van der Waals surface area contributed by atoms with E-state index in [0.29, 0.717) is 40.6 Å². The Morgan fingerprint density at radius 2 is 2.00 bits per heavy atom. The molecule has 0 bridgehead atoms. The number of aromatic nitrogens is 2. The highest BCUT2D eigenvalue weighted by Gasteiger charge is 2.19. The molecule has 3 aromatic rings. The summed E-state index contributed by atoms with van der Waals surface area (Å²) in [5.41, 5.74) is 2.51. The number of carbonyl (C=O) groups excluding carboxylic acids is 1. The summed E-state index contributed by atoms with van der Waals surface area (Å²) < 4.78 is 27.1. The molecule has 1 amide bonds. The maximum absolute atomic E-state index is 13.5. The van der Waals surface area contributed by atoms with Gasteiger partial charge in [-0.2, -0.15) is 8.70 Å². The predicted molar refractivity (Wildman–Crippen MR) is 130 cm³/mol. The van der Waals surface area contributed by atoms with Gasteiger partial charge >= 0.3 is 0 Å². The molecule has 2 aromatic heterocycles. The van der Waals surface area contributed by atoms with Gasteiger partial charge in [0.25, 0.3) is 5.91 Å². The molecule has 0 saturated carbocycles. The van der Waals surface area contributed by atoms with Gasteiger partial charge in [0, 0.05) is 24.4 Å². The second-order valence-corrected chi connectivity index (χ2v) is 8.26. The zero-order chi connectivity index (χ0) is 24.0. The van der Waals surface area contributed by atoms with Crippen molar-refractivity contribution in [3.63, 3.8) is 0 Å². The molecule has 0 fully saturated rings. The summed E-state index contributed by atoms with van der Waals surface area (Å²) in [7, 11) is 1.68. The maximum Gasteiger partial charge on any atom is 0.254 e. The molecule has 8 nitrogen and oxygen atoms in total. The summed E-state index contributed by atoms with van der Waals surface area (Å²) in [5, 5.41) is 8.90. The number of carbonyl (C=O) groups is 1. The van der Waals surface area contributed by atoms with Crippen molar-refractivity contribution in [1.82, 2.24) is 15.3 Å². The van der Waals surface area contributed by atoms with Gasteiger partial charge in [0.15, 0.2) is 0 Å². The van der Waals surface area contributed by atoms with Gasteiger partial charge in [0.2, 0.25) is 5.95 Å². The normalized spacial score (nSPS) is 11.3. The fourth-order valence-corrected chi connectivity index (χ4v) is 3.37. The van der Waals surface area contributed by atoms with E-state index in [1.54, 1.807) is 47.9 Å². The third-order valence-electron chi connectivity index (χ3n) is 4.62. The van der Waals surface area contributed by atoms with Crippen LogP contribution < -0.4 is 20.3 Å². The molecule has 3 rings (SSSR count). The average Bonchev–Trinajstić information content (AvgIpc) is 2.79. The summed E-state index contributed by atoms with van der Waals surface area (Å²) >= 11 is -1.31. The van der Waals surface area contributed by atoms with Crippen molar-refractivity contribution in [3.8, 4) is 12.3 Å². The van der Waals surface area contributed by atoms with Crippen molar-refractivity contribution >= 4 is 46.0 Å². The molecule has 3 N–H and O–H groups in total. The third-order valence-corrected chi connectivity index (χ3v) is 5.58. The highest BCUT2D eigenvalue weighted by Crippen LogP contribution is 2.33. The monoisotopic (exact) mass is 466 g/mol. The van der Waals surface area contributed by atoms with Crippen LogP contribution in [-0.4, -0.2) is 40.3 Å². The van der Waals surface area contributed by atoms with Gasteiger partial charge in [-0.05, 0) is 37.3 Å². The number of pyridine rings is 2. The Kier molecular flexibility index (Phi) is 7.71. The van der Waals surface area contributed by atoms with E-state index < -0.39 is 17.3 Å². The Hall–Kier alpha value is -3.81. The van der Waals surface area contributed by atoms with E-state index in [9.17, 15) is 13.7 Å². The van der Waals surface area contributed by atoms with Crippen molar-refractivity contribution in [3.05, 3.63) is 65.7 Å². The molecule has 0 spiro atoms. The molecule has 1 aromatic carbocycles. The van der Waals surface area contributed by atoms with E-state index in [4.69, 9.17) is 6.42 Å².